The molecule has 0 saturated carbocycles. The number of carbonyl (C=O) groups excluding carboxylic acids is 2. The number of nitrogens with one attached hydrogen (secondary N) is 2. The fourth-order valence-corrected chi connectivity index (χ4v) is 4.02. The van der Waals surface area contributed by atoms with Crippen LogP contribution >= 0.6 is 15.9 Å². The number of ether oxygens (including phenoxy) is 1. The molecule has 0 atom stereocenters. The number of rotatable bonds is 6. The predicted molar refractivity (Wildman–Crippen MR) is 129 cm³/mol. The Balaban J connectivity index is 2.04. The van der Waals surface area contributed by atoms with Gasteiger partial charge < -0.3 is 15.4 Å². The molecule has 0 aliphatic rings. The predicted octanol–water partition coefficient (Wildman–Crippen LogP) is 8.59. The molecule has 0 fully saturated rings. The standard InChI is InChI=1S/C25H14BrF11N2O3/c1-11-5-7-12(8-6-11)20(40)38-16-4-2-3-14(18(16)27)21(41)39-19-15(26)9-13(10-17(19)42-25(35,36)37)22(28,23(29,30)31)24(32,33)34/h2-10H,1H3,(H,38,40)(H,39,41). The largest absolute Gasteiger partial charge is 0.573 e. The SMILES string of the molecule is Cc1ccc(C(=O)Nc2cccc(C(=O)Nc3c(Br)cc(C(F)(C(F)(F)F)C(F)(F)F)cc3OC(F)(F)F)c2F)cc1. The Hall–Kier alpha value is -3.89. The van der Waals surface area contributed by atoms with Gasteiger partial charge in [0.1, 0.15) is 0 Å². The highest BCUT2D eigenvalue weighted by atomic mass is 79.9. The number of alkyl halides is 10. The summed E-state index contributed by atoms with van der Waals surface area (Å²) in [6.07, 6.45) is -19.1. The molecule has 42 heavy (non-hydrogen) atoms. The van der Waals surface area contributed by atoms with Crippen LogP contribution in [0.2, 0.25) is 0 Å². The summed E-state index contributed by atoms with van der Waals surface area (Å²) in [5.74, 6) is -5.68. The minimum Gasteiger partial charge on any atom is -0.404 e. The van der Waals surface area contributed by atoms with Crippen LogP contribution in [0.4, 0.5) is 59.7 Å². The van der Waals surface area contributed by atoms with E-state index in [-0.39, 0.29) is 11.6 Å². The van der Waals surface area contributed by atoms with E-state index in [2.05, 4.69) is 26.0 Å². The fraction of sp³-hybridized carbons (Fsp3) is 0.200. The van der Waals surface area contributed by atoms with Gasteiger partial charge in [0, 0.05) is 15.6 Å². The third-order valence-electron chi connectivity index (χ3n) is 5.50. The van der Waals surface area contributed by atoms with Crippen LogP contribution in [0.5, 0.6) is 5.75 Å². The van der Waals surface area contributed by atoms with E-state index in [9.17, 15) is 53.5 Å². The van der Waals surface area contributed by atoms with Crippen LogP contribution in [-0.2, 0) is 5.67 Å². The Labute approximate surface area is 236 Å². The van der Waals surface area contributed by atoms with Gasteiger partial charge in [0.2, 0.25) is 0 Å². The number of halogens is 12. The van der Waals surface area contributed by atoms with Crippen molar-refractivity contribution in [1.29, 1.82) is 0 Å². The molecule has 0 unspecified atom stereocenters. The first-order valence-electron chi connectivity index (χ1n) is 11.1. The van der Waals surface area contributed by atoms with E-state index in [0.717, 1.165) is 23.8 Å². The molecular weight excluding hydrogens is 665 g/mol. The second kappa shape index (κ2) is 11.4. The molecule has 0 saturated heterocycles. The zero-order valence-corrected chi connectivity index (χ0v) is 22.0. The first-order chi connectivity index (χ1) is 19.2. The van der Waals surface area contributed by atoms with Gasteiger partial charge in [-0.05, 0) is 59.3 Å². The topological polar surface area (TPSA) is 67.4 Å². The number of aryl methyl sites for hydroxylation is 1. The van der Waals surface area contributed by atoms with E-state index in [0.29, 0.717) is 0 Å². The van der Waals surface area contributed by atoms with Crippen LogP contribution in [0.15, 0.2) is 59.1 Å². The lowest BCUT2D eigenvalue weighted by atomic mass is 9.93. The van der Waals surface area contributed by atoms with Gasteiger partial charge in [0.15, 0.2) is 11.6 Å². The lowest BCUT2D eigenvalue weighted by Crippen LogP contribution is -2.50. The molecule has 3 rings (SSSR count). The summed E-state index contributed by atoms with van der Waals surface area (Å²) in [5, 5.41) is 3.86. The second-order valence-electron chi connectivity index (χ2n) is 8.47. The number of carbonyl (C=O) groups is 2. The fourth-order valence-electron chi connectivity index (χ4n) is 3.48. The monoisotopic (exact) mass is 678 g/mol. The smallest absolute Gasteiger partial charge is 0.404 e. The van der Waals surface area contributed by atoms with Crippen molar-refractivity contribution in [2.75, 3.05) is 10.6 Å². The quantitative estimate of drug-likeness (QED) is 0.257. The van der Waals surface area contributed by atoms with E-state index < -0.39 is 80.8 Å². The molecule has 5 nitrogen and oxygen atoms in total. The molecule has 0 spiro atoms. The van der Waals surface area contributed by atoms with E-state index in [4.69, 9.17) is 0 Å². The van der Waals surface area contributed by atoms with Crippen molar-refractivity contribution in [3.8, 4) is 5.75 Å². The number of hydrogen-bond donors (Lipinski definition) is 2. The highest BCUT2D eigenvalue weighted by Crippen LogP contribution is 2.55. The molecule has 2 N–H and O–H groups in total. The Kier molecular flexibility index (Phi) is 8.87. The van der Waals surface area contributed by atoms with Crippen LogP contribution in [0.25, 0.3) is 0 Å². The molecule has 0 aliphatic carbocycles. The molecule has 0 aromatic heterocycles. The van der Waals surface area contributed by atoms with Crippen LogP contribution in [0, 0.1) is 12.7 Å². The molecule has 0 heterocycles. The molecule has 0 aliphatic heterocycles. The maximum Gasteiger partial charge on any atom is 0.573 e. The third-order valence-corrected chi connectivity index (χ3v) is 6.13. The van der Waals surface area contributed by atoms with Gasteiger partial charge in [-0.3, -0.25) is 9.59 Å². The summed E-state index contributed by atoms with van der Waals surface area (Å²) in [6, 6.07) is 8.13. The van der Waals surface area contributed by atoms with Crippen LogP contribution < -0.4 is 15.4 Å². The van der Waals surface area contributed by atoms with Crippen LogP contribution in [0.3, 0.4) is 0 Å². The van der Waals surface area contributed by atoms with Gasteiger partial charge in [-0.25, -0.2) is 8.78 Å². The molecule has 0 bridgehead atoms. The minimum atomic E-state index is -6.68. The van der Waals surface area contributed by atoms with E-state index in [1.807, 2.05) is 0 Å². The number of anilines is 2. The number of hydrogen-bond acceptors (Lipinski definition) is 3. The van der Waals surface area contributed by atoms with Gasteiger partial charge in [-0.1, -0.05) is 23.8 Å². The number of amides is 2. The minimum absolute atomic E-state index is 0.0921. The molecule has 226 valence electrons. The lowest BCUT2D eigenvalue weighted by molar-refractivity contribution is -0.348. The Morgan fingerprint density at radius 3 is 1.88 bits per heavy atom. The van der Waals surface area contributed by atoms with Gasteiger partial charge in [0.05, 0.1) is 16.9 Å². The zero-order chi connectivity index (χ0) is 31.8. The summed E-state index contributed by atoms with van der Waals surface area (Å²) in [6.45, 7) is 1.74. The average molecular weight is 679 g/mol. The van der Waals surface area contributed by atoms with Gasteiger partial charge >= 0.3 is 24.4 Å². The van der Waals surface area contributed by atoms with Crippen molar-refractivity contribution in [3.05, 3.63) is 87.1 Å². The molecule has 17 heteroatoms. The van der Waals surface area contributed by atoms with Crippen molar-refractivity contribution < 1.29 is 62.6 Å². The van der Waals surface area contributed by atoms with Crippen molar-refractivity contribution >= 4 is 39.1 Å². The molecular formula is C25H14BrF11N2O3. The number of benzene rings is 3. The van der Waals surface area contributed by atoms with Crippen LogP contribution in [0.1, 0.15) is 31.8 Å². The van der Waals surface area contributed by atoms with Crippen LogP contribution in [-0.4, -0.2) is 30.5 Å². The van der Waals surface area contributed by atoms with Crippen molar-refractivity contribution in [1.82, 2.24) is 0 Å². The Bertz CT molecular complexity index is 1490. The molecule has 3 aromatic carbocycles. The molecule has 2 amide bonds. The van der Waals surface area contributed by atoms with E-state index in [1.54, 1.807) is 24.4 Å². The highest BCUT2D eigenvalue weighted by molar-refractivity contribution is 9.10. The normalized spacial score (nSPS) is 12.6. The second-order valence-corrected chi connectivity index (χ2v) is 9.33. The van der Waals surface area contributed by atoms with Gasteiger partial charge in [-0.15, -0.1) is 13.2 Å². The summed E-state index contributed by atoms with van der Waals surface area (Å²) >= 11 is 2.42. The summed E-state index contributed by atoms with van der Waals surface area (Å²) in [4.78, 5) is 25.2. The highest BCUT2D eigenvalue weighted by Gasteiger charge is 2.73. The molecule has 0 radical (unpaired) electrons. The third kappa shape index (κ3) is 6.77. The summed E-state index contributed by atoms with van der Waals surface area (Å²) in [5.41, 5.74) is -10.3. The Morgan fingerprint density at radius 2 is 1.36 bits per heavy atom. The first kappa shape index (κ1) is 32.6. The van der Waals surface area contributed by atoms with E-state index in [1.165, 1.54) is 12.1 Å². The summed E-state index contributed by atoms with van der Waals surface area (Å²) < 4.78 is 150. The maximum absolute atomic E-state index is 15.1. The maximum atomic E-state index is 15.1. The molecule has 3 aromatic rings. The van der Waals surface area contributed by atoms with Gasteiger partial charge in [-0.2, -0.15) is 26.3 Å². The van der Waals surface area contributed by atoms with Gasteiger partial charge in [0.25, 0.3) is 11.8 Å². The van der Waals surface area contributed by atoms with Crippen molar-refractivity contribution in [2.45, 2.75) is 31.3 Å². The lowest BCUT2D eigenvalue weighted by Gasteiger charge is -2.31. The zero-order valence-electron chi connectivity index (χ0n) is 20.5. The van der Waals surface area contributed by atoms with Crippen molar-refractivity contribution in [3.63, 3.8) is 0 Å². The average Bonchev–Trinajstić information content (AvgIpc) is 2.84. The summed E-state index contributed by atoms with van der Waals surface area (Å²) in [7, 11) is 0. The Morgan fingerprint density at radius 1 is 0.786 bits per heavy atom. The first-order valence-corrected chi connectivity index (χ1v) is 11.8. The van der Waals surface area contributed by atoms with E-state index >= 15 is 4.39 Å². The van der Waals surface area contributed by atoms with Crippen molar-refractivity contribution in [2.24, 2.45) is 0 Å².